The molecule has 0 aliphatic carbocycles. The van der Waals surface area contributed by atoms with E-state index in [9.17, 15) is 0 Å². The minimum atomic E-state index is 0.571. The Hall–Kier alpha value is -1.72. The Bertz CT molecular complexity index is 464. The third-order valence-corrected chi connectivity index (χ3v) is 2.68. The van der Waals surface area contributed by atoms with Crippen molar-refractivity contribution < 1.29 is 0 Å². The highest BCUT2D eigenvalue weighted by Gasteiger charge is 2.10. The van der Waals surface area contributed by atoms with Gasteiger partial charge in [-0.3, -0.25) is 10.2 Å². The van der Waals surface area contributed by atoms with E-state index in [-0.39, 0.29) is 0 Å². The molecule has 2 heterocycles. The van der Waals surface area contributed by atoms with Crippen LogP contribution < -0.4 is 0 Å². The molecular formula is C13H22N6. The molecule has 19 heavy (non-hydrogen) atoms. The second kappa shape index (κ2) is 5.95. The van der Waals surface area contributed by atoms with Crippen LogP contribution in [0.3, 0.4) is 0 Å². The van der Waals surface area contributed by atoms with Crippen molar-refractivity contribution in [2.24, 2.45) is 11.8 Å². The first-order valence-corrected chi connectivity index (χ1v) is 6.83. The maximum Gasteiger partial charge on any atom is 0.158 e. The van der Waals surface area contributed by atoms with Crippen LogP contribution in [-0.2, 0) is 19.3 Å². The fourth-order valence-corrected chi connectivity index (χ4v) is 1.93. The standard InChI is InChI=1S/C13H22N6/c1-8(2)5-10-14-12(18-16-10)7-13-15-11(17-19-13)6-9(3)4/h8-9H,5-7H2,1-4H3,(H,14,16,18)(H,15,17,19). The van der Waals surface area contributed by atoms with Crippen molar-refractivity contribution >= 4 is 0 Å². The molecule has 6 heteroatoms. The van der Waals surface area contributed by atoms with E-state index in [2.05, 4.69) is 58.1 Å². The summed E-state index contributed by atoms with van der Waals surface area (Å²) in [4.78, 5) is 8.91. The molecule has 0 atom stereocenters. The summed E-state index contributed by atoms with van der Waals surface area (Å²) < 4.78 is 0. The lowest BCUT2D eigenvalue weighted by Gasteiger charge is -1.98. The summed E-state index contributed by atoms with van der Waals surface area (Å²) in [6.45, 7) is 8.65. The SMILES string of the molecule is CC(C)Cc1nc(Cc2n[nH]c(CC(C)C)n2)n[nH]1. The molecule has 0 radical (unpaired) electrons. The summed E-state index contributed by atoms with van der Waals surface area (Å²) in [5, 5.41) is 14.3. The second-order valence-corrected chi connectivity index (χ2v) is 5.77. The van der Waals surface area contributed by atoms with E-state index in [1.54, 1.807) is 0 Å². The average Bonchev–Trinajstić information content (AvgIpc) is 2.88. The first kappa shape index (κ1) is 13.7. The lowest BCUT2D eigenvalue weighted by Crippen LogP contribution is -1.98. The topological polar surface area (TPSA) is 83.1 Å². The highest BCUT2D eigenvalue weighted by molar-refractivity contribution is 5.01. The summed E-state index contributed by atoms with van der Waals surface area (Å²) in [7, 11) is 0. The van der Waals surface area contributed by atoms with Crippen molar-refractivity contribution in [3.05, 3.63) is 23.3 Å². The monoisotopic (exact) mass is 262 g/mol. The van der Waals surface area contributed by atoms with Crippen LogP contribution in [0.2, 0.25) is 0 Å². The van der Waals surface area contributed by atoms with Gasteiger partial charge < -0.3 is 0 Å². The maximum absolute atomic E-state index is 4.46. The molecule has 2 aromatic rings. The molecule has 2 aromatic heterocycles. The smallest absolute Gasteiger partial charge is 0.158 e. The van der Waals surface area contributed by atoms with Gasteiger partial charge in [0, 0.05) is 12.8 Å². The van der Waals surface area contributed by atoms with E-state index in [1.807, 2.05) is 0 Å². The number of H-pyrrole nitrogens is 2. The van der Waals surface area contributed by atoms with Gasteiger partial charge in [-0.1, -0.05) is 27.7 Å². The number of nitrogens with one attached hydrogen (secondary N) is 2. The molecule has 6 nitrogen and oxygen atoms in total. The summed E-state index contributed by atoms with van der Waals surface area (Å²) >= 11 is 0. The van der Waals surface area contributed by atoms with Crippen LogP contribution in [0.1, 0.15) is 51.0 Å². The summed E-state index contributed by atoms with van der Waals surface area (Å²) in [6, 6.07) is 0. The van der Waals surface area contributed by atoms with Gasteiger partial charge in [0.25, 0.3) is 0 Å². The van der Waals surface area contributed by atoms with Gasteiger partial charge in [-0.25, -0.2) is 9.97 Å². The lowest BCUT2D eigenvalue weighted by molar-refractivity contribution is 0.622. The first-order chi connectivity index (χ1) is 9.02. The number of hydrogen-bond donors (Lipinski definition) is 2. The minimum Gasteiger partial charge on any atom is -0.263 e. The van der Waals surface area contributed by atoms with Crippen LogP contribution in [0.25, 0.3) is 0 Å². The Kier molecular flexibility index (Phi) is 4.29. The van der Waals surface area contributed by atoms with Gasteiger partial charge in [-0.15, -0.1) is 0 Å². The quantitative estimate of drug-likeness (QED) is 0.833. The maximum atomic E-state index is 4.46. The first-order valence-electron chi connectivity index (χ1n) is 6.83. The molecular weight excluding hydrogens is 240 g/mol. The van der Waals surface area contributed by atoms with Crippen LogP contribution in [0.4, 0.5) is 0 Å². The largest absolute Gasteiger partial charge is 0.263 e. The number of aromatic nitrogens is 6. The van der Waals surface area contributed by atoms with Gasteiger partial charge in [0.15, 0.2) is 11.6 Å². The van der Waals surface area contributed by atoms with Crippen molar-refractivity contribution in [3.8, 4) is 0 Å². The van der Waals surface area contributed by atoms with E-state index >= 15 is 0 Å². The fourth-order valence-electron chi connectivity index (χ4n) is 1.93. The zero-order valence-electron chi connectivity index (χ0n) is 12.1. The molecule has 0 bridgehead atoms. The molecule has 104 valence electrons. The molecule has 0 aliphatic rings. The fraction of sp³-hybridized carbons (Fsp3) is 0.692. The predicted octanol–water partition coefficient (Wildman–Crippen LogP) is 1.91. The molecule has 0 aromatic carbocycles. The highest BCUT2D eigenvalue weighted by Crippen LogP contribution is 2.07. The van der Waals surface area contributed by atoms with Crippen molar-refractivity contribution in [3.63, 3.8) is 0 Å². The Labute approximate surface area is 113 Å². The average molecular weight is 262 g/mol. The molecule has 2 rings (SSSR count). The molecule has 0 fully saturated rings. The molecule has 0 saturated heterocycles. The predicted molar refractivity (Wildman–Crippen MR) is 72.7 cm³/mol. The number of aromatic amines is 2. The molecule has 0 unspecified atom stereocenters. The summed E-state index contributed by atoms with van der Waals surface area (Å²) in [5.74, 6) is 4.52. The van der Waals surface area contributed by atoms with Gasteiger partial charge in [0.2, 0.25) is 0 Å². The van der Waals surface area contributed by atoms with E-state index in [1.165, 1.54) is 0 Å². The van der Waals surface area contributed by atoms with E-state index < -0.39 is 0 Å². The van der Waals surface area contributed by atoms with Gasteiger partial charge in [-0.05, 0) is 11.8 Å². The Morgan fingerprint density at radius 2 is 1.21 bits per heavy atom. The third-order valence-electron chi connectivity index (χ3n) is 2.68. The molecule has 2 N–H and O–H groups in total. The van der Waals surface area contributed by atoms with E-state index in [0.29, 0.717) is 18.3 Å². The molecule has 0 spiro atoms. The third kappa shape index (κ3) is 4.15. The molecule has 0 amide bonds. The second-order valence-electron chi connectivity index (χ2n) is 5.77. The number of rotatable bonds is 6. The molecule has 0 saturated carbocycles. The Morgan fingerprint density at radius 3 is 1.58 bits per heavy atom. The van der Waals surface area contributed by atoms with Gasteiger partial charge >= 0.3 is 0 Å². The zero-order chi connectivity index (χ0) is 13.8. The zero-order valence-corrected chi connectivity index (χ0v) is 12.1. The Balaban J connectivity index is 1.96. The van der Waals surface area contributed by atoms with Crippen LogP contribution in [-0.4, -0.2) is 30.4 Å². The van der Waals surface area contributed by atoms with Crippen LogP contribution in [0.5, 0.6) is 0 Å². The Morgan fingerprint density at radius 1 is 0.789 bits per heavy atom. The van der Waals surface area contributed by atoms with Gasteiger partial charge in [0.05, 0.1) is 6.42 Å². The van der Waals surface area contributed by atoms with E-state index in [4.69, 9.17) is 0 Å². The van der Waals surface area contributed by atoms with Crippen LogP contribution >= 0.6 is 0 Å². The van der Waals surface area contributed by atoms with Crippen LogP contribution in [0, 0.1) is 11.8 Å². The van der Waals surface area contributed by atoms with Crippen molar-refractivity contribution in [2.75, 3.05) is 0 Å². The van der Waals surface area contributed by atoms with E-state index in [0.717, 1.165) is 36.1 Å². The number of hydrogen-bond acceptors (Lipinski definition) is 4. The van der Waals surface area contributed by atoms with Crippen molar-refractivity contribution in [1.82, 2.24) is 30.4 Å². The summed E-state index contributed by atoms with van der Waals surface area (Å²) in [6.07, 6.45) is 2.41. The van der Waals surface area contributed by atoms with Crippen molar-refractivity contribution in [2.45, 2.75) is 47.0 Å². The molecule has 0 aliphatic heterocycles. The highest BCUT2D eigenvalue weighted by atomic mass is 15.2. The number of nitrogens with zero attached hydrogens (tertiary/aromatic N) is 4. The summed E-state index contributed by atoms with van der Waals surface area (Å²) in [5.41, 5.74) is 0. The van der Waals surface area contributed by atoms with Crippen molar-refractivity contribution in [1.29, 1.82) is 0 Å². The lowest BCUT2D eigenvalue weighted by atomic mass is 10.1. The van der Waals surface area contributed by atoms with Gasteiger partial charge in [0.1, 0.15) is 11.6 Å². The normalized spacial score (nSPS) is 11.7. The van der Waals surface area contributed by atoms with Gasteiger partial charge in [-0.2, -0.15) is 10.2 Å². The van der Waals surface area contributed by atoms with Crippen LogP contribution in [0.15, 0.2) is 0 Å². The minimum absolute atomic E-state index is 0.571.